The van der Waals surface area contributed by atoms with Crippen LogP contribution in [0.25, 0.3) is 0 Å². The molecular weight excluding hydrogens is 769 g/mol. The lowest BCUT2D eigenvalue weighted by molar-refractivity contribution is -0.0322. The van der Waals surface area contributed by atoms with Crippen LogP contribution in [0.3, 0.4) is 0 Å². The van der Waals surface area contributed by atoms with E-state index < -0.39 is 11.2 Å². The molecule has 0 aliphatic carbocycles. The van der Waals surface area contributed by atoms with E-state index in [0.29, 0.717) is 13.2 Å². The third-order valence-electron chi connectivity index (χ3n) is 13.7. The maximum Gasteiger partial charge on any atom is 0.188 e. The van der Waals surface area contributed by atoms with E-state index in [1.807, 2.05) is 0 Å². The number of aryl methyl sites for hydroxylation is 2. The van der Waals surface area contributed by atoms with Crippen molar-refractivity contribution in [2.24, 2.45) is 0 Å². The Labute approximate surface area is 364 Å². The van der Waals surface area contributed by atoms with Gasteiger partial charge in [-0.2, -0.15) is 0 Å². The zero-order chi connectivity index (χ0) is 43.9. The summed E-state index contributed by atoms with van der Waals surface area (Å²) in [7, 11) is 3.29. The van der Waals surface area contributed by atoms with Crippen molar-refractivity contribution in [1.29, 1.82) is 0 Å². The summed E-state index contributed by atoms with van der Waals surface area (Å²) in [6, 6.07) is 17.6. The highest BCUT2D eigenvalue weighted by Crippen LogP contribution is 2.50. The highest BCUT2D eigenvalue weighted by atomic mass is 16.7. The van der Waals surface area contributed by atoms with E-state index in [2.05, 4.69) is 104 Å². The first-order valence-corrected chi connectivity index (χ1v) is 22.1. The number of hydrogen-bond donors (Lipinski definition) is 2. The minimum absolute atomic E-state index is 0.0858. The number of fused-ring (bicyclic) bond motifs is 2. The Morgan fingerprint density at radius 1 is 0.557 bits per heavy atom. The lowest BCUT2D eigenvalue weighted by Crippen LogP contribution is -2.46. The molecule has 4 aromatic carbocycles. The second kappa shape index (κ2) is 20.4. The van der Waals surface area contributed by atoms with Crippen LogP contribution in [0.4, 0.5) is 0 Å². The molecule has 9 nitrogen and oxygen atoms in total. The molecule has 0 saturated heterocycles. The van der Waals surface area contributed by atoms with Crippen molar-refractivity contribution in [2.45, 2.75) is 130 Å². The van der Waals surface area contributed by atoms with Crippen LogP contribution in [0.1, 0.15) is 118 Å². The van der Waals surface area contributed by atoms with Crippen molar-refractivity contribution in [1.82, 2.24) is 0 Å². The Morgan fingerprint density at radius 2 is 0.934 bits per heavy atom. The maximum atomic E-state index is 9.51. The van der Waals surface area contributed by atoms with Crippen molar-refractivity contribution in [3.63, 3.8) is 0 Å². The number of hydrogen-bond acceptors (Lipinski definition) is 9. The van der Waals surface area contributed by atoms with E-state index in [4.69, 9.17) is 33.2 Å². The molecule has 0 bridgehead atoms. The summed E-state index contributed by atoms with van der Waals surface area (Å²) in [5.74, 6) is 3.45. The van der Waals surface area contributed by atoms with E-state index in [1.165, 1.54) is 22.3 Å². The lowest BCUT2D eigenvalue weighted by Gasteiger charge is -2.45. The SMILES string of the molecule is COCOc1c(C)c(C)c2c(c1C)CCC(C)(C(COCC(c1ccc(CCCO)cc1)C1(C)CCc3c(C)c(OCOC)c(C)c(C)c3O1)c1ccc(CCCO)cc1)O2. The molecule has 0 aromatic heterocycles. The van der Waals surface area contributed by atoms with Gasteiger partial charge in [-0.15, -0.1) is 0 Å². The molecule has 4 aromatic rings. The number of aliphatic hydroxyl groups excluding tert-OH is 2. The molecule has 2 aliphatic rings. The average Bonchev–Trinajstić information content (AvgIpc) is 3.26. The second-order valence-electron chi connectivity index (χ2n) is 17.7. The van der Waals surface area contributed by atoms with E-state index in [9.17, 15) is 10.2 Å². The average molecular weight is 839 g/mol. The van der Waals surface area contributed by atoms with Crippen molar-refractivity contribution in [3.05, 3.63) is 115 Å². The number of benzene rings is 4. The minimum Gasteiger partial charge on any atom is -0.486 e. The van der Waals surface area contributed by atoms with Crippen LogP contribution in [0.2, 0.25) is 0 Å². The first kappa shape index (κ1) is 46.4. The Hall–Kier alpha value is -4.12. The van der Waals surface area contributed by atoms with Gasteiger partial charge >= 0.3 is 0 Å². The van der Waals surface area contributed by atoms with Crippen LogP contribution in [-0.4, -0.2) is 75.6 Å². The van der Waals surface area contributed by atoms with Gasteiger partial charge in [0.25, 0.3) is 0 Å². The molecule has 61 heavy (non-hydrogen) atoms. The normalized spacial score (nSPS) is 19.3. The van der Waals surface area contributed by atoms with Crippen molar-refractivity contribution >= 4 is 0 Å². The van der Waals surface area contributed by atoms with Crippen LogP contribution >= 0.6 is 0 Å². The van der Waals surface area contributed by atoms with Gasteiger partial charge in [-0.05, 0) is 162 Å². The molecule has 2 aliphatic heterocycles. The predicted molar refractivity (Wildman–Crippen MR) is 241 cm³/mol. The fourth-order valence-corrected chi connectivity index (χ4v) is 9.62. The molecule has 332 valence electrons. The highest BCUT2D eigenvalue weighted by Gasteiger charge is 2.45. The molecule has 9 heteroatoms. The zero-order valence-electron chi connectivity index (χ0n) is 38.4. The molecule has 4 atom stereocenters. The van der Waals surface area contributed by atoms with Gasteiger partial charge in [-0.3, -0.25) is 0 Å². The van der Waals surface area contributed by atoms with Gasteiger partial charge in [-0.1, -0.05) is 48.5 Å². The molecular formula is C52H70O9. The van der Waals surface area contributed by atoms with Gasteiger partial charge in [0, 0.05) is 50.4 Å². The van der Waals surface area contributed by atoms with Crippen molar-refractivity contribution in [3.8, 4) is 23.0 Å². The van der Waals surface area contributed by atoms with Gasteiger partial charge in [0.15, 0.2) is 13.6 Å². The molecule has 0 saturated carbocycles. The summed E-state index contributed by atoms with van der Waals surface area (Å²) >= 11 is 0. The predicted octanol–water partition coefficient (Wildman–Crippen LogP) is 9.80. The summed E-state index contributed by atoms with van der Waals surface area (Å²) in [5.41, 5.74) is 12.5. The first-order chi connectivity index (χ1) is 29.3. The van der Waals surface area contributed by atoms with Crippen molar-refractivity contribution in [2.75, 3.05) is 54.2 Å². The quantitative estimate of drug-likeness (QED) is 0.0842. The molecule has 0 fully saturated rings. The minimum atomic E-state index is -0.569. The Morgan fingerprint density at radius 3 is 1.28 bits per heavy atom. The van der Waals surface area contributed by atoms with E-state index in [0.717, 1.165) is 119 Å². The lowest BCUT2D eigenvalue weighted by atomic mass is 9.76. The number of ether oxygens (including phenoxy) is 7. The third kappa shape index (κ3) is 9.92. The molecule has 0 spiro atoms. The summed E-state index contributed by atoms with van der Waals surface area (Å²) < 4.78 is 44.3. The topological polar surface area (TPSA) is 105 Å². The maximum absolute atomic E-state index is 9.51. The van der Waals surface area contributed by atoms with Crippen molar-refractivity contribution < 1.29 is 43.4 Å². The van der Waals surface area contributed by atoms with Crippen LogP contribution in [0.15, 0.2) is 48.5 Å². The molecule has 0 amide bonds. The van der Waals surface area contributed by atoms with Gasteiger partial charge < -0.3 is 43.4 Å². The van der Waals surface area contributed by atoms with Crippen LogP contribution < -0.4 is 18.9 Å². The number of methoxy groups -OCH3 is 2. The Bertz CT molecular complexity index is 1940. The molecule has 6 rings (SSSR count). The van der Waals surface area contributed by atoms with Crippen LogP contribution in [0.5, 0.6) is 23.0 Å². The first-order valence-electron chi connectivity index (χ1n) is 22.1. The fraction of sp³-hybridized carbons (Fsp3) is 0.538. The summed E-state index contributed by atoms with van der Waals surface area (Å²) in [6.07, 6.45) is 6.41. The zero-order valence-corrected chi connectivity index (χ0v) is 38.4. The van der Waals surface area contributed by atoms with Gasteiger partial charge in [0.2, 0.25) is 0 Å². The molecule has 0 radical (unpaired) electrons. The number of rotatable bonds is 20. The Kier molecular flexibility index (Phi) is 15.5. The monoisotopic (exact) mass is 839 g/mol. The second-order valence-corrected chi connectivity index (χ2v) is 17.7. The third-order valence-corrected chi connectivity index (χ3v) is 13.7. The van der Waals surface area contributed by atoms with E-state index in [-0.39, 0.29) is 38.6 Å². The summed E-state index contributed by atoms with van der Waals surface area (Å²) in [6.45, 7) is 18.8. The van der Waals surface area contributed by atoms with E-state index in [1.54, 1.807) is 14.2 Å². The van der Waals surface area contributed by atoms with E-state index >= 15 is 0 Å². The number of aliphatic hydroxyl groups is 2. The summed E-state index contributed by atoms with van der Waals surface area (Å²) in [5, 5.41) is 19.0. The van der Waals surface area contributed by atoms with Crippen LogP contribution in [-0.2, 0) is 39.9 Å². The van der Waals surface area contributed by atoms with Gasteiger partial charge in [0.1, 0.15) is 34.2 Å². The Balaban J connectivity index is 1.34. The highest BCUT2D eigenvalue weighted by molar-refractivity contribution is 5.60. The van der Waals surface area contributed by atoms with Gasteiger partial charge in [0.05, 0.1) is 13.2 Å². The smallest absolute Gasteiger partial charge is 0.188 e. The molecule has 2 N–H and O–H groups in total. The fourth-order valence-electron chi connectivity index (χ4n) is 9.62. The molecule has 2 heterocycles. The standard InChI is InChI=1S/C52H70O9/c1-33-35(3)49-43(37(5)47(33)58-31-55-9)23-25-51(7,60-49)45(41-19-15-39(16-20-41)13-11-27-53)29-57-30-46(42-21-17-40(18-22-42)14-12-28-54)52(8)26-24-44-38(6)48(59-32-56-10)34(2)36(4)50(44)61-52/h15-22,45-46,53-54H,11-14,23-32H2,1-10H3. The largest absolute Gasteiger partial charge is 0.486 e. The van der Waals surface area contributed by atoms with Crippen LogP contribution in [0, 0.1) is 41.5 Å². The summed E-state index contributed by atoms with van der Waals surface area (Å²) in [4.78, 5) is 0. The molecule has 4 unspecified atom stereocenters. The van der Waals surface area contributed by atoms with Gasteiger partial charge in [-0.25, -0.2) is 0 Å².